The summed E-state index contributed by atoms with van der Waals surface area (Å²) in [4.78, 5) is 14.2. The summed E-state index contributed by atoms with van der Waals surface area (Å²) in [5.41, 5.74) is 7.73. The van der Waals surface area contributed by atoms with E-state index < -0.39 is 0 Å². The molecule has 21 heavy (non-hydrogen) atoms. The first kappa shape index (κ1) is 17.5. The maximum atomic E-state index is 12.0. The predicted octanol–water partition coefficient (Wildman–Crippen LogP) is 2.64. The second kappa shape index (κ2) is 9.40. The third-order valence-electron chi connectivity index (χ3n) is 3.31. The van der Waals surface area contributed by atoms with E-state index in [0.29, 0.717) is 12.5 Å². The molecule has 0 atom stereocenters. The number of nitrogen functional groups attached to an aromatic ring is 1. The number of anilines is 1. The quantitative estimate of drug-likeness (QED) is 0.688. The van der Waals surface area contributed by atoms with E-state index in [4.69, 9.17) is 5.73 Å². The van der Waals surface area contributed by atoms with Crippen molar-refractivity contribution < 1.29 is 4.79 Å². The molecule has 0 spiro atoms. The molecule has 0 saturated heterocycles. The standard InChI is InChI=1S/C17H29N3O/c1-4-10-20(12-15-6-5-7-16(18)11-15)13-17(21)19-9-8-14(2)3/h5-7,11,14H,4,8-10,12-13,18H2,1-3H3,(H,19,21). The van der Waals surface area contributed by atoms with E-state index in [0.717, 1.165) is 43.7 Å². The molecule has 0 fully saturated rings. The van der Waals surface area contributed by atoms with Crippen molar-refractivity contribution in [3.63, 3.8) is 0 Å². The zero-order valence-electron chi connectivity index (χ0n) is 13.6. The lowest BCUT2D eigenvalue weighted by Crippen LogP contribution is -2.37. The molecule has 1 rings (SSSR count). The van der Waals surface area contributed by atoms with Crippen LogP contribution in [0.15, 0.2) is 24.3 Å². The van der Waals surface area contributed by atoms with E-state index in [9.17, 15) is 4.79 Å². The fourth-order valence-electron chi connectivity index (χ4n) is 2.24. The Bertz CT molecular complexity index is 432. The van der Waals surface area contributed by atoms with E-state index >= 15 is 0 Å². The second-order valence-electron chi connectivity index (χ2n) is 5.99. The van der Waals surface area contributed by atoms with Crippen LogP contribution in [0.1, 0.15) is 39.2 Å². The van der Waals surface area contributed by atoms with Gasteiger partial charge in [-0.2, -0.15) is 0 Å². The molecule has 0 unspecified atom stereocenters. The molecule has 0 radical (unpaired) electrons. The van der Waals surface area contributed by atoms with E-state index in [2.05, 4.69) is 37.1 Å². The summed E-state index contributed by atoms with van der Waals surface area (Å²) in [6.45, 7) is 9.33. The number of nitrogens with one attached hydrogen (secondary N) is 1. The van der Waals surface area contributed by atoms with Gasteiger partial charge in [0.25, 0.3) is 0 Å². The SMILES string of the molecule is CCCN(CC(=O)NCCC(C)C)Cc1cccc(N)c1. The molecule has 0 aliphatic rings. The van der Waals surface area contributed by atoms with Crippen molar-refractivity contribution in [3.05, 3.63) is 29.8 Å². The van der Waals surface area contributed by atoms with E-state index in [-0.39, 0.29) is 5.91 Å². The van der Waals surface area contributed by atoms with Crippen molar-refractivity contribution in [1.29, 1.82) is 0 Å². The summed E-state index contributed by atoms with van der Waals surface area (Å²) in [6.07, 6.45) is 2.05. The molecule has 3 N–H and O–H groups in total. The van der Waals surface area contributed by atoms with Crippen LogP contribution in [0.4, 0.5) is 5.69 Å². The van der Waals surface area contributed by atoms with Gasteiger partial charge in [0.1, 0.15) is 0 Å². The summed E-state index contributed by atoms with van der Waals surface area (Å²) < 4.78 is 0. The maximum Gasteiger partial charge on any atom is 0.234 e. The smallest absolute Gasteiger partial charge is 0.234 e. The monoisotopic (exact) mass is 291 g/mol. The molecule has 4 nitrogen and oxygen atoms in total. The van der Waals surface area contributed by atoms with Gasteiger partial charge in [-0.3, -0.25) is 9.69 Å². The van der Waals surface area contributed by atoms with Crippen LogP contribution in [0.5, 0.6) is 0 Å². The summed E-state index contributed by atoms with van der Waals surface area (Å²) in [5.74, 6) is 0.720. The zero-order chi connectivity index (χ0) is 15.7. The highest BCUT2D eigenvalue weighted by Gasteiger charge is 2.10. The molecule has 118 valence electrons. The first-order chi connectivity index (χ1) is 10.0. The molecule has 1 aromatic rings. The van der Waals surface area contributed by atoms with Gasteiger partial charge < -0.3 is 11.1 Å². The maximum absolute atomic E-state index is 12.0. The van der Waals surface area contributed by atoms with Crippen LogP contribution >= 0.6 is 0 Å². The fraction of sp³-hybridized carbons (Fsp3) is 0.588. The molecule has 0 aliphatic carbocycles. The Morgan fingerprint density at radius 1 is 1.38 bits per heavy atom. The van der Waals surface area contributed by atoms with Crippen molar-refractivity contribution in [3.8, 4) is 0 Å². The predicted molar refractivity (Wildman–Crippen MR) is 88.9 cm³/mol. The zero-order valence-corrected chi connectivity index (χ0v) is 13.6. The molecule has 1 amide bonds. The first-order valence-corrected chi connectivity index (χ1v) is 7.84. The van der Waals surface area contributed by atoms with Gasteiger partial charge in [0.2, 0.25) is 5.91 Å². The number of hydrogen-bond donors (Lipinski definition) is 2. The van der Waals surface area contributed by atoms with Crippen LogP contribution in [-0.4, -0.2) is 30.4 Å². The second-order valence-corrected chi connectivity index (χ2v) is 5.99. The highest BCUT2D eigenvalue weighted by atomic mass is 16.2. The minimum atomic E-state index is 0.105. The van der Waals surface area contributed by atoms with Crippen LogP contribution < -0.4 is 11.1 Å². The molecule has 0 aliphatic heterocycles. The number of nitrogens with zero attached hydrogens (tertiary/aromatic N) is 1. The van der Waals surface area contributed by atoms with Crippen molar-refractivity contribution in [2.75, 3.05) is 25.4 Å². The Hall–Kier alpha value is -1.55. The number of carbonyl (C=O) groups is 1. The number of benzene rings is 1. The minimum Gasteiger partial charge on any atom is -0.399 e. The summed E-state index contributed by atoms with van der Waals surface area (Å²) in [5, 5.41) is 2.99. The lowest BCUT2D eigenvalue weighted by Gasteiger charge is -2.21. The van der Waals surface area contributed by atoms with Crippen LogP contribution in [-0.2, 0) is 11.3 Å². The van der Waals surface area contributed by atoms with Crippen LogP contribution in [0.25, 0.3) is 0 Å². The Balaban J connectivity index is 2.47. The Labute approximate surface area is 128 Å². The number of hydrogen-bond acceptors (Lipinski definition) is 3. The minimum absolute atomic E-state index is 0.105. The molecular formula is C17H29N3O. The highest BCUT2D eigenvalue weighted by Crippen LogP contribution is 2.10. The largest absolute Gasteiger partial charge is 0.399 e. The van der Waals surface area contributed by atoms with Crippen LogP contribution in [0.3, 0.4) is 0 Å². The summed E-state index contributed by atoms with van der Waals surface area (Å²) >= 11 is 0. The summed E-state index contributed by atoms with van der Waals surface area (Å²) in [7, 11) is 0. The van der Waals surface area contributed by atoms with Gasteiger partial charge in [0.15, 0.2) is 0 Å². The first-order valence-electron chi connectivity index (χ1n) is 7.84. The number of amides is 1. The Morgan fingerprint density at radius 2 is 2.14 bits per heavy atom. The van der Waals surface area contributed by atoms with Gasteiger partial charge in [0.05, 0.1) is 6.54 Å². The Morgan fingerprint density at radius 3 is 2.76 bits per heavy atom. The number of nitrogens with two attached hydrogens (primary N) is 1. The van der Waals surface area contributed by atoms with Crippen LogP contribution in [0, 0.1) is 5.92 Å². The van der Waals surface area contributed by atoms with Gasteiger partial charge in [0, 0.05) is 18.8 Å². The molecule has 4 heteroatoms. The lowest BCUT2D eigenvalue weighted by atomic mass is 10.1. The van der Waals surface area contributed by atoms with Crippen molar-refractivity contribution >= 4 is 11.6 Å². The fourth-order valence-corrected chi connectivity index (χ4v) is 2.24. The van der Waals surface area contributed by atoms with Gasteiger partial charge in [-0.25, -0.2) is 0 Å². The number of rotatable bonds is 9. The average molecular weight is 291 g/mol. The van der Waals surface area contributed by atoms with Gasteiger partial charge in [-0.15, -0.1) is 0 Å². The topological polar surface area (TPSA) is 58.4 Å². The van der Waals surface area contributed by atoms with Crippen LogP contribution in [0.2, 0.25) is 0 Å². The third-order valence-corrected chi connectivity index (χ3v) is 3.31. The highest BCUT2D eigenvalue weighted by molar-refractivity contribution is 5.77. The third kappa shape index (κ3) is 7.71. The molecule has 0 aromatic heterocycles. The number of carbonyl (C=O) groups excluding carboxylic acids is 1. The van der Waals surface area contributed by atoms with Crippen molar-refractivity contribution in [2.45, 2.75) is 40.2 Å². The van der Waals surface area contributed by atoms with Crippen molar-refractivity contribution in [2.24, 2.45) is 5.92 Å². The molecule has 0 heterocycles. The molecule has 0 saturated carbocycles. The molecule has 1 aromatic carbocycles. The van der Waals surface area contributed by atoms with Gasteiger partial charge in [-0.1, -0.05) is 32.9 Å². The summed E-state index contributed by atoms with van der Waals surface area (Å²) in [6, 6.07) is 7.86. The van der Waals surface area contributed by atoms with E-state index in [1.54, 1.807) is 0 Å². The molecule has 0 bridgehead atoms. The van der Waals surface area contributed by atoms with E-state index in [1.807, 2.05) is 18.2 Å². The lowest BCUT2D eigenvalue weighted by molar-refractivity contribution is -0.122. The Kier molecular flexibility index (Phi) is 7.83. The van der Waals surface area contributed by atoms with E-state index in [1.165, 1.54) is 0 Å². The van der Waals surface area contributed by atoms with Gasteiger partial charge in [-0.05, 0) is 43.0 Å². The average Bonchev–Trinajstić information content (AvgIpc) is 2.38. The molecular weight excluding hydrogens is 262 g/mol. The normalized spacial score (nSPS) is 11.1. The van der Waals surface area contributed by atoms with Crippen molar-refractivity contribution in [1.82, 2.24) is 10.2 Å². The van der Waals surface area contributed by atoms with Gasteiger partial charge >= 0.3 is 0 Å².